The summed E-state index contributed by atoms with van der Waals surface area (Å²) in [6, 6.07) is 6.87. The maximum absolute atomic E-state index is 12.2. The summed E-state index contributed by atoms with van der Waals surface area (Å²) in [4.78, 5) is 44.4. The van der Waals surface area contributed by atoms with Gasteiger partial charge in [0.15, 0.2) is 11.9 Å². The topological polar surface area (TPSA) is 199 Å². The second-order valence-electron chi connectivity index (χ2n) is 7.17. The molecule has 0 fully saturated rings. The third kappa shape index (κ3) is 5.24. The van der Waals surface area contributed by atoms with E-state index in [0.717, 1.165) is 0 Å². The lowest BCUT2D eigenvalue weighted by Crippen LogP contribution is -2.23. The van der Waals surface area contributed by atoms with E-state index in [4.69, 9.17) is 11.5 Å². The summed E-state index contributed by atoms with van der Waals surface area (Å²) in [5, 5.41) is 5.60. The lowest BCUT2D eigenvalue weighted by Gasteiger charge is -2.06. The van der Waals surface area contributed by atoms with Crippen LogP contribution in [0.25, 0.3) is 11.6 Å². The quantitative estimate of drug-likeness (QED) is 0.185. The number of nitrogen functional groups attached to an aromatic ring is 2. The Balaban J connectivity index is 1.52. The zero-order valence-corrected chi connectivity index (χ0v) is 18.1. The van der Waals surface area contributed by atoms with Crippen molar-refractivity contribution in [1.82, 2.24) is 40.5 Å². The average Bonchev–Trinajstić information content (AvgIpc) is 3.62. The van der Waals surface area contributed by atoms with E-state index in [-0.39, 0.29) is 30.3 Å². The molecule has 4 aromatic heterocycles. The van der Waals surface area contributed by atoms with Crippen LogP contribution >= 0.6 is 0 Å². The molecule has 12 nitrogen and oxygen atoms in total. The van der Waals surface area contributed by atoms with Gasteiger partial charge in [0.2, 0.25) is 0 Å². The van der Waals surface area contributed by atoms with Crippen LogP contribution in [0.15, 0.2) is 55.0 Å². The number of carbonyl (C=O) groups excluding carboxylic acids is 2. The van der Waals surface area contributed by atoms with Crippen molar-refractivity contribution in [1.29, 1.82) is 0 Å². The highest BCUT2D eigenvalue weighted by Crippen LogP contribution is 2.25. The number of anilines is 2. The standard InChI is InChI=1S/C22H24N10O2/c23-21-29-12-17(31-21)13(7-11-28-20(34)16-6-3-9-26-16)18-14(30-22(24)32-18)4-1-10-27-19(33)15-5-2-8-25-15/h1-9,12,25-26H,10-11H2,(H,27,33)(H,28,34)(H3,23,29,31)(H3,24,30,32)/b4-1+,13-7-. The molecule has 10 N–H and O–H groups in total. The molecule has 0 bridgehead atoms. The van der Waals surface area contributed by atoms with Gasteiger partial charge in [0.05, 0.1) is 23.3 Å². The molecular weight excluding hydrogens is 436 g/mol. The summed E-state index contributed by atoms with van der Waals surface area (Å²) in [6.07, 6.45) is 10.2. The van der Waals surface area contributed by atoms with E-state index in [1.807, 2.05) is 0 Å². The number of aromatic nitrogens is 6. The van der Waals surface area contributed by atoms with Crippen molar-refractivity contribution in [3.05, 3.63) is 83.5 Å². The molecule has 0 aliphatic heterocycles. The number of amides is 2. The largest absolute Gasteiger partial charge is 0.369 e. The van der Waals surface area contributed by atoms with Gasteiger partial charge < -0.3 is 42.0 Å². The number of nitrogens with one attached hydrogen (secondary N) is 6. The first-order chi connectivity index (χ1) is 16.5. The summed E-state index contributed by atoms with van der Waals surface area (Å²) in [5.74, 6) is -0.0163. The predicted molar refractivity (Wildman–Crippen MR) is 128 cm³/mol. The Bertz CT molecular complexity index is 1310. The molecule has 2 amide bonds. The van der Waals surface area contributed by atoms with E-state index in [9.17, 15) is 9.59 Å². The Kier molecular flexibility index (Phi) is 6.58. The number of nitrogens with zero attached hydrogens (tertiary/aromatic N) is 2. The number of hydrogen-bond donors (Lipinski definition) is 8. The molecule has 34 heavy (non-hydrogen) atoms. The molecule has 0 saturated carbocycles. The molecule has 0 atom stereocenters. The molecule has 0 aromatic carbocycles. The summed E-state index contributed by atoms with van der Waals surface area (Å²) in [5.41, 5.74) is 15.0. The van der Waals surface area contributed by atoms with E-state index in [2.05, 4.69) is 40.5 Å². The van der Waals surface area contributed by atoms with Crippen LogP contribution in [0.4, 0.5) is 11.9 Å². The Labute approximate surface area is 194 Å². The van der Waals surface area contributed by atoms with Crippen molar-refractivity contribution < 1.29 is 9.59 Å². The SMILES string of the molecule is Nc1ncc(/C(=C/CNC(=O)c2ccc[nH]2)c2nc(N)[nH]c2/C=C/CNC(=O)c2ccc[nH]2)[nH]1. The van der Waals surface area contributed by atoms with Crippen molar-refractivity contribution in [2.75, 3.05) is 24.6 Å². The van der Waals surface area contributed by atoms with Crippen LogP contribution in [0, 0.1) is 0 Å². The van der Waals surface area contributed by atoms with Crippen LogP contribution in [0.2, 0.25) is 0 Å². The van der Waals surface area contributed by atoms with Crippen LogP contribution in [-0.4, -0.2) is 54.8 Å². The van der Waals surface area contributed by atoms with Crippen LogP contribution in [0.1, 0.15) is 38.1 Å². The number of rotatable bonds is 9. The molecule has 174 valence electrons. The van der Waals surface area contributed by atoms with Crippen molar-refractivity contribution >= 4 is 35.4 Å². The maximum atomic E-state index is 12.2. The van der Waals surface area contributed by atoms with Crippen LogP contribution in [0.3, 0.4) is 0 Å². The number of nitrogens with two attached hydrogens (primary N) is 2. The molecule has 4 aromatic rings. The van der Waals surface area contributed by atoms with E-state index in [0.29, 0.717) is 40.6 Å². The van der Waals surface area contributed by atoms with Gasteiger partial charge in [-0.15, -0.1) is 0 Å². The normalized spacial score (nSPS) is 11.7. The second kappa shape index (κ2) is 10.1. The van der Waals surface area contributed by atoms with Crippen molar-refractivity contribution in [2.24, 2.45) is 0 Å². The fourth-order valence-corrected chi connectivity index (χ4v) is 3.25. The Hall–Kier alpha value is -5.00. The number of imidazole rings is 2. The molecule has 0 aliphatic carbocycles. The van der Waals surface area contributed by atoms with Crippen LogP contribution < -0.4 is 22.1 Å². The highest BCUT2D eigenvalue weighted by atomic mass is 16.2. The van der Waals surface area contributed by atoms with Crippen molar-refractivity contribution in [3.8, 4) is 0 Å². The maximum Gasteiger partial charge on any atom is 0.267 e. The average molecular weight is 461 g/mol. The van der Waals surface area contributed by atoms with E-state index in [1.165, 1.54) is 0 Å². The van der Waals surface area contributed by atoms with Gasteiger partial charge in [-0.1, -0.05) is 12.2 Å². The van der Waals surface area contributed by atoms with Gasteiger partial charge in [0.25, 0.3) is 11.8 Å². The van der Waals surface area contributed by atoms with E-state index >= 15 is 0 Å². The van der Waals surface area contributed by atoms with E-state index in [1.54, 1.807) is 61.1 Å². The molecule has 0 aliphatic rings. The molecule has 0 radical (unpaired) electrons. The summed E-state index contributed by atoms with van der Waals surface area (Å²) in [7, 11) is 0. The summed E-state index contributed by atoms with van der Waals surface area (Å²) >= 11 is 0. The highest BCUT2D eigenvalue weighted by Gasteiger charge is 2.16. The zero-order chi connectivity index (χ0) is 23.9. The number of hydrogen-bond acceptors (Lipinski definition) is 6. The summed E-state index contributed by atoms with van der Waals surface area (Å²) < 4.78 is 0. The predicted octanol–water partition coefficient (Wildman–Crippen LogP) is 1.26. The Morgan fingerprint density at radius 3 is 2.18 bits per heavy atom. The van der Waals surface area contributed by atoms with Crippen LogP contribution in [-0.2, 0) is 0 Å². The molecule has 12 heteroatoms. The minimum absolute atomic E-state index is 0.207. The van der Waals surface area contributed by atoms with Gasteiger partial charge in [-0.25, -0.2) is 9.97 Å². The number of H-pyrrole nitrogens is 4. The Morgan fingerprint density at radius 2 is 1.59 bits per heavy atom. The van der Waals surface area contributed by atoms with Gasteiger partial charge in [0, 0.05) is 31.1 Å². The fraction of sp³-hybridized carbons (Fsp3) is 0.0909. The van der Waals surface area contributed by atoms with Gasteiger partial charge in [-0.3, -0.25) is 9.59 Å². The van der Waals surface area contributed by atoms with Crippen molar-refractivity contribution in [3.63, 3.8) is 0 Å². The molecule has 4 heterocycles. The first-order valence-corrected chi connectivity index (χ1v) is 10.4. The van der Waals surface area contributed by atoms with Gasteiger partial charge in [-0.05, 0) is 30.3 Å². The van der Waals surface area contributed by atoms with Crippen molar-refractivity contribution in [2.45, 2.75) is 0 Å². The lowest BCUT2D eigenvalue weighted by molar-refractivity contribution is 0.0945. The number of aromatic amines is 4. The van der Waals surface area contributed by atoms with Gasteiger partial charge >= 0.3 is 0 Å². The fourth-order valence-electron chi connectivity index (χ4n) is 3.25. The monoisotopic (exact) mass is 460 g/mol. The minimum atomic E-state index is -0.246. The third-order valence-corrected chi connectivity index (χ3v) is 4.81. The highest BCUT2D eigenvalue weighted by molar-refractivity contribution is 5.93. The molecular formula is C22H24N10O2. The Morgan fingerprint density at radius 1 is 0.912 bits per heavy atom. The smallest absolute Gasteiger partial charge is 0.267 e. The lowest BCUT2D eigenvalue weighted by atomic mass is 10.1. The summed E-state index contributed by atoms with van der Waals surface area (Å²) in [6.45, 7) is 0.507. The molecule has 0 spiro atoms. The molecule has 0 saturated heterocycles. The van der Waals surface area contributed by atoms with Gasteiger partial charge in [0.1, 0.15) is 11.4 Å². The first kappa shape index (κ1) is 22.2. The third-order valence-electron chi connectivity index (χ3n) is 4.81. The number of carbonyl (C=O) groups is 2. The van der Waals surface area contributed by atoms with E-state index < -0.39 is 0 Å². The first-order valence-electron chi connectivity index (χ1n) is 10.4. The minimum Gasteiger partial charge on any atom is -0.369 e. The zero-order valence-electron chi connectivity index (χ0n) is 18.1. The van der Waals surface area contributed by atoms with Crippen LogP contribution in [0.5, 0.6) is 0 Å². The molecule has 4 rings (SSSR count). The van der Waals surface area contributed by atoms with Gasteiger partial charge in [-0.2, -0.15) is 0 Å². The molecule has 0 unspecified atom stereocenters. The second-order valence-corrected chi connectivity index (χ2v) is 7.17.